The second kappa shape index (κ2) is 9.32. The van der Waals surface area contributed by atoms with E-state index in [9.17, 15) is 13.2 Å². The first-order valence-electron chi connectivity index (χ1n) is 7.86. The molecule has 0 fully saturated rings. The van der Waals surface area contributed by atoms with Crippen molar-refractivity contribution in [1.29, 1.82) is 0 Å². The lowest BCUT2D eigenvalue weighted by Crippen LogP contribution is -2.35. The third-order valence-electron chi connectivity index (χ3n) is 3.12. The Kier molecular flexibility index (Phi) is 7.12. The number of anilines is 2. The highest BCUT2D eigenvalue weighted by atomic mass is 35.5. The quantitative estimate of drug-likeness (QED) is 0.519. The van der Waals surface area contributed by atoms with Crippen molar-refractivity contribution >= 4 is 39.4 Å². The molecule has 2 aromatic heterocycles. The summed E-state index contributed by atoms with van der Waals surface area (Å²) in [5, 5.41) is 4.66. The summed E-state index contributed by atoms with van der Waals surface area (Å²) in [4.78, 5) is 27.0. The van der Waals surface area contributed by atoms with Crippen molar-refractivity contribution < 1.29 is 22.7 Å². The number of sulfonamides is 1. The van der Waals surface area contributed by atoms with E-state index in [0.717, 1.165) is 6.33 Å². The summed E-state index contributed by atoms with van der Waals surface area (Å²) in [7, 11) is -1.68. The zero-order valence-corrected chi connectivity index (χ0v) is 16.8. The highest BCUT2D eigenvalue weighted by molar-refractivity contribution is 7.90. The molecule has 28 heavy (non-hydrogen) atoms. The van der Waals surface area contributed by atoms with Crippen LogP contribution in [-0.4, -0.2) is 55.1 Å². The van der Waals surface area contributed by atoms with E-state index in [1.54, 1.807) is 0 Å². The van der Waals surface area contributed by atoms with Crippen molar-refractivity contribution in [3.8, 4) is 11.8 Å². The topological polar surface area (TPSA) is 157 Å². The van der Waals surface area contributed by atoms with Crippen LogP contribution in [0.3, 0.4) is 0 Å². The van der Waals surface area contributed by atoms with Crippen molar-refractivity contribution in [2.45, 2.75) is 18.2 Å². The molecule has 2 amide bonds. The fourth-order valence-electron chi connectivity index (χ4n) is 1.93. The highest BCUT2D eigenvalue weighted by Crippen LogP contribution is 2.25. The maximum atomic E-state index is 12.6. The van der Waals surface area contributed by atoms with Gasteiger partial charge in [0.2, 0.25) is 17.7 Å². The molecule has 152 valence electrons. The van der Waals surface area contributed by atoms with Crippen LogP contribution >= 0.6 is 11.6 Å². The number of hydrogen-bond donors (Lipinski definition) is 3. The van der Waals surface area contributed by atoms with Crippen molar-refractivity contribution in [1.82, 2.24) is 24.7 Å². The van der Waals surface area contributed by atoms with Crippen LogP contribution in [0.2, 0.25) is 5.15 Å². The SMILES string of the molecule is CCCNc1ncnc(Cl)c1S(=O)(=O)NC(=O)Nc1nc(OC)cc(OC)n1. The van der Waals surface area contributed by atoms with Gasteiger partial charge in [-0.1, -0.05) is 18.5 Å². The number of nitrogens with one attached hydrogen (secondary N) is 3. The summed E-state index contributed by atoms with van der Waals surface area (Å²) in [6.07, 6.45) is 1.82. The number of aromatic nitrogens is 4. The van der Waals surface area contributed by atoms with Gasteiger partial charge >= 0.3 is 6.03 Å². The molecule has 2 aromatic rings. The van der Waals surface area contributed by atoms with Crippen LogP contribution in [0.15, 0.2) is 17.3 Å². The third kappa shape index (κ3) is 5.29. The minimum Gasteiger partial charge on any atom is -0.481 e. The predicted octanol–water partition coefficient (Wildman–Crippen LogP) is 1.27. The summed E-state index contributed by atoms with van der Waals surface area (Å²) in [5.41, 5.74) is 0. The van der Waals surface area contributed by atoms with Gasteiger partial charge < -0.3 is 14.8 Å². The number of carbonyl (C=O) groups is 1. The number of hydrogen-bond acceptors (Lipinski definition) is 10. The van der Waals surface area contributed by atoms with Gasteiger partial charge in [-0.15, -0.1) is 0 Å². The van der Waals surface area contributed by atoms with Crippen molar-refractivity contribution in [2.75, 3.05) is 31.4 Å². The molecule has 14 heteroatoms. The van der Waals surface area contributed by atoms with E-state index in [0.29, 0.717) is 13.0 Å². The smallest absolute Gasteiger partial charge is 0.335 e. The average molecular weight is 432 g/mol. The van der Waals surface area contributed by atoms with E-state index in [1.165, 1.54) is 20.3 Å². The molecule has 0 atom stereocenters. The highest BCUT2D eigenvalue weighted by Gasteiger charge is 2.27. The third-order valence-corrected chi connectivity index (χ3v) is 4.90. The van der Waals surface area contributed by atoms with Gasteiger partial charge in [0.05, 0.1) is 20.3 Å². The van der Waals surface area contributed by atoms with Gasteiger partial charge in [0.1, 0.15) is 6.33 Å². The van der Waals surface area contributed by atoms with Crippen LogP contribution in [0, 0.1) is 0 Å². The van der Waals surface area contributed by atoms with Crippen molar-refractivity contribution in [3.05, 3.63) is 17.5 Å². The molecule has 0 saturated heterocycles. The zero-order chi connectivity index (χ0) is 20.7. The Morgan fingerprint density at radius 1 is 1.18 bits per heavy atom. The number of halogens is 1. The second-order valence-corrected chi connectivity index (χ2v) is 7.08. The molecule has 2 heterocycles. The van der Waals surface area contributed by atoms with E-state index in [1.807, 2.05) is 11.6 Å². The number of carbonyl (C=O) groups excluding carboxylic acids is 1. The van der Waals surface area contributed by atoms with Gasteiger partial charge in [-0.2, -0.15) is 9.97 Å². The summed E-state index contributed by atoms with van der Waals surface area (Å²) >= 11 is 5.92. The predicted molar refractivity (Wildman–Crippen MR) is 100 cm³/mol. The minimum atomic E-state index is -4.40. The lowest BCUT2D eigenvalue weighted by atomic mass is 10.4. The van der Waals surface area contributed by atoms with E-state index < -0.39 is 20.9 Å². The number of rotatable bonds is 8. The Bertz CT molecular complexity index is 935. The fourth-order valence-corrected chi connectivity index (χ4v) is 3.42. The van der Waals surface area contributed by atoms with Gasteiger partial charge in [0, 0.05) is 6.54 Å². The van der Waals surface area contributed by atoms with E-state index in [4.69, 9.17) is 21.1 Å². The molecular formula is C14H18ClN7O5S. The molecule has 0 aliphatic rings. The van der Waals surface area contributed by atoms with Gasteiger partial charge in [0.25, 0.3) is 10.0 Å². The van der Waals surface area contributed by atoms with Crippen LogP contribution in [-0.2, 0) is 10.0 Å². The summed E-state index contributed by atoms with van der Waals surface area (Å²) in [6.45, 7) is 2.33. The first-order chi connectivity index (χ1) is 13.3. The second-order valence-electron chi connectivity index (χ2n) is 5.10. The molecule has 0 aliphatic carbocycles. The normalized spacial score (nSPS) is 10.9. The van der Waals surface area contributed by atoms with Gasteiger partial charge in [0.15, 0.2) is 15.9 Å². The molecule has 0 saturated carbocycles. The number of urea groups is 1. The van der Waals surface area contributed by atoms with Gasteiger partial charge in [-0.3, -0.25) is 5.32 Å². The van der Waals surface area contributed by atoms with E-state index in [2.05, 4.69) is 30.6 Å². The Hall–Kier alpha value is -2.93. The molecular weight excluding hydrogens is 414 g/mol. The Labute approximate surface area is 166 Å². The number of ether oxygens (including phenoxy) is 2. The number of nitrogens with zero attached hydrogens (tertiary/aromatic N) is 4. The van der Waals surface area contributed by atoms with Gasteiger partial charge in [-0.05, 0) is 6.42 Å². The maximum absolute atomic E-state index is 12.6. The molecule has 12 nitrogen and oxygen atoms in total. The molecule has 2 rings (SSSR count). The number of amides is 2. The van der Waals surface area contributed by atoms with Crippen LogP contribution in [0.1, 0.15) is 13.3 Å². The molecule has 0 aliphatic heterocycles. The molecule has 0 unspecified atom stereocenters. The van der Waals surface area contributed by atoms with Crippen LogP contribution in [0.4, 0.5) is 16.6 Å². The van der Waals surface area contributed by atoms with Crippen molar-refractivity contribution in [2.24, 2.45) is 0 Å². The largest absolute Gasteiger partial charge is 0.481 e. The van der Waals surface area contributed by atoms with E-state index >= 15 is 0 Å². The summed E-state index contributed by atoms with van der Waals surface area (Å²) < 4.78 is 37.0. The Morgan fingerprint density at radius 2 is 1.82 bits per heavy atom. The zero-order valence-electron chi connectivity index (χ0n) is 15.2. The number of methoxy groups -OCH3 is 2. The molecule has 0 radical (unpaired) electrons. The monoisotopic (exact) mass is 431 g/mol. The maximum Gasteiger partial charge on any atom is 0.335 e. The molecule has 0 bridgehead atoms. The van der Waals surface area contributed by atoms with Crippen LogP contribution in [0.5, 0.6) is 11.8 Å². The Morgan fingerprint density at radius 3 is 2.39 bits per heavy atom. The van der Waals surface area contributed by atoms with Crippen LogP contribution < -0.4 is 24.8 Å². The molecule has 0 spiro atoms. The first-order valence-corrected chi connectivity index (χ1v) is 9.72. The summed E-state index contributed by atoms with van der Waals surface area (Å²) in [5.74, 6) is -0.0452. The first kappa shape index (κ1) is 21.4. The molecule has 0 aromatic carbocycles. The van der Waals surface area contributed by atoms with Crippen molar-refractivity contribution in [3.63, 3.8) is 0 Å². The fraction of sp³-hybridized carbons (Fsp3) is 0.357. The lowest BCUT2D eigenvalue weighted by molar-refractivity contribution is 0.256. The minimum absolute atomic E-state index is 0.0264. The summed E-state index contributed by atoms with van der Waals surface area (Å²) in [6, 6.07) is 0.253. The average Bonchev–Trinajstić information content (AvgIpc) is 2.65. The Balaban J connectivity index is 2.24. The molecule has 3 N–H and O–H groups in total. The van der Waals surface area contributed by atoms with Gasteiger partial charge in [-0.25, -0.2) is 27.9 Å². The van der Waals surface area contributed by atoms with E-state index in [-0.39, 0.29) is 28.7 Å². The lowest BCUT2D eigenvalue weighted by Gasteiger charge is -2.13. The standard InChI is InChI=1S/C14H18ClN7O5S/c1-4-5-16-12-10(11(15)17-7-18-12)28(24,25)22-14(23)21-13-19-8(26-2)6-9(20-13)27-3/h6-7H,4-5H2,1-3H3,(H,16,17,18)(H2,19,20,21,22,23). The van der Waals surface area contributed by atoms with Crippen LogP contribution in [0.25, 0.3) is 0 Å².